The van der Waals surface area contributed by atoms with Gasteiger partial charge in [0.1, 0.15) is 24.4 Å². The van der Waals surface area contributed by atoms with Crippen molar-refractivity contribution in [2.24, 2.45) is 12.8 Å². The van der Waals surface area contributed by atoms with Gasteiger partial charge in [0.15, 0.2) is 11.6 Å². The number of carbonyl (C=O) groups is 2. The van der Waals surface area contributed by atoms with Gasteiger partial charge in [0.25, 0.3) is 0 Å². The second kappa shape index (κ2) is 20.2. The number of rotatable bonds is 19. The number of anilines is 1. The molecule has 0 saturated carbocycles. The van der Waals surface area contributed by atoms with Crippen molar-refractivity contribution in [3.05, 3.63) is 84.1 Å². The Labute approximate surface area is 269 Å². The van der Waals surface area contributed by atoms with Crippen LogP contribution in [-0.4, -0.2) is 74.7 Å². The third-order valence-electron chi connectivity index (χ3n) is 6.71. The summed E-state index contributed by atoms with van der Waals surface area (Å²) in [5, 5.41) is 19.9. The van der Waals surface area contributed by atoms with Gasteiger partial charge in [0.05, 0.1) is 13.2 Å². The Morgan fingerprint density at radius 1 is 0.935 bits per heavy atom. The van der Waals surface area contributed by atoms with Crippen molar-refractivity contribution in [2.75, 3.05) is 38.4 Å². The number of ether oxygens (including phenoxy) is 3. The second-order valence-corrected chi connectivity index (χ2v) is 10.2. The van der Waals surface area contributed by atoms with E-state index in [9.17, 15) is 9.59 Å². The molecule has 1 amide bonds. The monoisotopic (exact) mass is 633 g/mol. The maximum absolute atomic E-state index is 11.2. The predicted molar refractivity (Wildman–Crippen MR) is 173 cm³/mol. The molecule has 0 saturated heterocycles. The third-order valence-corrected chi connectivity index (χ3v) is 6.71. The summed E-state index contributed by atoms with van der Waals surface area (Å²) in [4.78, 5) is 29.5. The number of nitrogens with zero attached hydrogens (tertiary/aromatic N) is 5. The van der Waals surface area contributed by atoms with Gasteiger partial charge in [-0.25, -0.2) is 14.8 Å². The molecular weight excluding hydrogens is 590 g/mol. The lowest BCUT2D eigenvalue weighted by Crippen LogP contribution is -2.12. The number of hydrogen-bond donors (Lipinski definition) is 3. The fraction of sp³-hybridized carbons (Fsp3) is 0.394. The number of primary amides is 1. The first-order chi connectivity index (χ1) is 22.4. The van der Waals surface area contributed by atoms with Crippen LogP contribution >= 0.6 is 0 Å². The van der Waals surface area contributed by atoms with E-state index in [4.69, 9.17) is 25.1 Å². The molecule has 0 aliphatic carbocycles. The summed E-state index contributed by atoms with van der Waals surface area (Å²) in [6, 6.07) is 17.0. The van der Waals surface area contributed by atoms with E-state index >= 15 is 0 Å². The fourth-order valence-corrected chi connectivity index (χ4v) is 4.14. The molecule has 0 fully saturated rings. The van der Waals surface area contributed by atoms with Gasteiger partial charge in [0, 0.05) is 44.3 Å². The van der Waals surface area contributed by atoms with Crippen molar-refractivity contribution in [2.45, 2.75) is 45.6 Å². The van der Waals surface area contributed by atoms with Crippen LogP contribution in [0, 0.1) is 0 Å². The summed E-state index contributed by atoms with van der Waals surface area (Å²) in [5.74, 6) is 0.936. The lowest BCUT2D eigenvalue weighted by molar-refractivity contribution is -0.142. The van der Waals surface area contributed by atoms with E-state index in [0.717, 1.165) is 62.6 Å². The molecule has 0 bridgehead atoms. The molecule has 2 heterocycles. The number of aliphatic carboxylic acids is 1. The summed E-state index contributed by atoms with van der Waals surface area (Å²) in [5.41, 5.74) is 8.54. The van der Waals surface area contributed by atoms with Gasteiger partial charge in [-0.3, -0.25) is 4.79 Å². The third kappa shape index (κ3) is 13.0. The van der Waals surface area contributed by atoms with E-state index in [1.807, 2.05) is 29.8 Å². The highest BCUT2D eigenvalue weighted by atomic mass is 16.5. The molecule has 2 aromatic carbocycles. The highest BCUT2D eigenvalue weighted by Crippen LogP contribution is 2.16. The maximum atomic E-state index is 11.2. The van der Waals surface area contributed by atoms with Crippen LogP contribution in [0.5, 0.6) is 5.75 Å². The smallest absolute Gasteiger partial charge is 0.329 e. The first-order valence-electron chi connectivity index (χ1n) is 15.2. The number of amides is 1. The van der Waals surface area contributed by atoms with Gasteiger partial charge in [-0.2, -0.15) is 0 Å². The molecule has 246 valence electrons. The molecule has 13 heteroatoms. The molecule has 2 aromatic heterocycles. The minimum atomic E-state index is -0.936. The van der Waals surface area contributed by atoms with Gasteiger partial charge >= 0.3 is 5.97 Å². The minimum absolute atomic E-state index is 0.235. The van der Waals surface area contributed by atoms with Gasteiger partial charge in [-0.05, 0) is 74.1 Å². The summed E-state index contributed by atoms with van der Waals surface area (Å²) in [6.07, 6.45) is 7.99. The van der Waals surface area contributed by atoms with Crippen molar-refractivity contribution >= 4 is 17.6 Å². The average Bonchev–Trinajstić information content (AvgIpc) is 3.45. The quantitative estimate of drug-likeness (QED) is 0.126. The molecule has 0 radical (unpaired) electrons. The van der Waals surface area contributed by atoms with E-state index in [0.29, 0.717) is 36.8 Å². The Morgan fingerprint density at radius 3 is 2.41 bits per heavy atom. The van der Waals surface area contributed by atoms with Crippen LogP contribution in [0.25, 0.3) is 11.5 Å². The Morgan fingerprint density at radius 2 is 1.70 bits per heavy atom. The van der Waals surface area contributed by atoms with E-state index in [-0.39, 0.29) is 6.61 Å². The first kappa shape index (κ1) is 35.6. The molecule has 0 aliphatic rings. The van der Waals surface area contributed by atoms with Crippen molar-refractivity contribution in [3.63, 3.8) is 0 Å². The van der Waals surface area contributed by atoms with Crippen molar-refractivity contribution in [1.29, 1.82) is 0 Å². The lowest BCUT2D eigenvalue weighted by Gasteiger charge is -2.07. The number of nitrogens with one attached hydrogen (secondary N) is 1. The largest absolute Gasteiger partial charge is 0.494 e. The molecule has 0 aliphatic heterocycles. The number of carbonyl (C=O) groups excluding carboxylic acids is 1. The van der Waals surface area contributed by atoms with E-state index in [1.165, 1.54) is 11.9 Å². The summed E-state index contributed by atoms with van der Waals surface area (Å²) < 4.78 is 17.9. The lowest BCUT2D eigenvalue weighted by atomic mass is 10.2. The zero-order valence-electron chi connectivity index (χ0n) is 26.4. The Bertz CT molecular complexity index is 1470. The zero-order valence-corrected chi connectivity index (χ0v) is 26.4. The van der Waals surface area contributed by atoms with Gasteiger partial charge in [-0.1, -0.05) is 25.1 Å². The van der Waals surface area contributed by atoms with Gasteiger partial charge in [0.2, 0.25) is 5.91 Å². The number of aromatic nitrogens is 5. The Kier molecular flexibility index (Phi) is 15.6. The van der Waals surface area contributed by atoms with Crippen LogP contribution in [-0.2, 0) is 34.3 Å². The fourth-order valence-electron chi connectivity index (χ4n) is 4.14. The minimum Gasteiger partial charge on any atom is -0.494 e. The van der Waals surface area contributed by atoms with Crippen LogP contribution in [0.3, 0.4) is 0 Å². The van der Waals surface area contributed by atoms with E-state index < -0.39 is 11.9 Å². The Balaban J connectivity index is 0.000000250. The molecule has 0 spiro atoms. The van der Waals surface area contributed by atoms with Crippen LogP contribution in [0.15, 0.2) is 67.1 Å². The van der Waals surface area contributed by atoms with E-state index in [1.54, 1.807) is 30.5 Å². The standard InChI is InChI=1S/C18H28O5.C15H15N7O/c1-2-16-7-9-17(10-8-16)23-14-5-3-4-11-21-12-6-13-22-15-18(19)20;1-22-13(20-21-15(22)12-5-6-17-9-19-12)8-18-11-4-2-3-10(7-11)14(16)23/h7-10H,2-6,11-15H2,1H3,(H,19,20);2-7,9,18H,8H2,1H3,(H2,16,23). The second-order valence-electron chi connectivity index (χ2n) is 10.2. The maximum Gasteiger partial charge on any atom is 0.329 e. The highest BCUT2D eigenvalue weighted by Gasteiger charge is 2.11. The molecule has 13 nitrogen and oxygen atoms in total. The van der Waals surface area contributed by atoms with Crippen molar-refractivity contribution < 1.29 is 28.9 Å². The summed E-state index contributed by atoms with van der Waals surface area (Å²) >= 11 is 0. The molecule has 4 rings (SSSR count). The molecule has 0 atom stereocenters. The first-order valence-corrected chi connectivity index (χ1v) is 15.2. The topological polar surface area (TPSA) is 177 Å². The number of carboxylic acids is 1. The van der Waals surface area contributed by atoms with Crippen LogP contribution < -0.4 is 15.8 Å². The number of nitrogens with two attached hydrogens (primary N) is 1. The van der Waals surface area contributed by atoms with Gasteiger partial charge in [-0.15, -0.1) is 10.2 Å². The Hall–Kier alpha value is -4.88. The number of benzene rings is 2. The van der Waals surface area contributed by atoms with Crippen molar-refractivity contribution in [1.82, 2.24) is 24.7 Å². The summed E-state index contributed by atoms with van der Waals surface area (Å²) in [6.45, 7) is 4.86. The average molecular weight is 634 g/mol. The summed E-state index contributed by atoms with van der Waals surface area (Å²) in [7, 11) is 1.87. The SMILES string of the molecule is CCc1ccc(OCCCCCOCCCOCC(=O)O)cc1.Cn1c(CNc2cccc(C(N)=O)c2)nnc1-c1ccncn1. The zero-order chi connectivity index (χ0) is 33.0. The van der Waals surface area contributed by atoms with Crippen LogP contribution in [0.4, 0.5) is 5.69 Å². The normalized spacial score (nSPS) is 10.6. The van der Waals surface area contributed by atoms with Crippen LogP contribution in [0.2, 0.25) is 0 Å². The van der Waals surface area contributed by atoms with Crippen LogP contribution in [0.1, 0.15) is 54.4 Å². The number of hydrogen-bond acceptors (Lipinski definition) is 10. The van der Waals surface area contributed by atoms with E-state index in [2.05, 4.69) is 44.5 Å². The predicted octanol–water partition coefficient (Wildman–Crippen LogP) is 4.29. The highest BCUT2D eigenvalue weighted by molar-refractivity contribution is 5.93. The molecule has 46 heavy (non-hydrogen) atoms. The number of unbranched alkanes of at least 4 members (excludes halogenated alkanes) is 2. The van der Waals surface area contributed by atoms with Gasteiger partial charge < -0.3 is 34.9 Å². The molecule has 0 unspecified atom stereocenters. The van der Waals surface area contributed by atoms with Crippen molar-refractivity contribution in [3.8, 4) is 17.3 Å². The molecular formula is C33H43N7O6. The molecule has 4 aromatic rings. The number of carboxylic acid groups (broad SMARTS) is 1. The molecule has 4 N–H and O–H groups in total. The number of aryl methyl sites for hydroxylation is 1.